The van der Waals surface area contributed by atoms with E-state index in [4.69, 9.17) is 4.74 Å². The standard InChI is InChI=1S/C18H40N2O/c1-15(19(9)13-11-17(3,4)5)21-16(2)20(10)14-12-18(6,7)8/h15-16H,11-14H2,1-10H3. The fraction of sp³-hybridized carbons (Fsp3) is 1.00. The summed E-state index contributed by atoms with van der Waals surface area (Å²) >= 11 is 0. The first-order valence-electron chi connectivity index (χ1n) is 8.38. The minimum atomic E-state index is 0.152. The van der Waals surface area contributed by atoms with Crippen LogP contribution in [0.1, 0.15) is 68.2 Å². The van der Waals surface area contributed by atoms with Crippen molar-refractivity contribution < 1.29 is 4.74 Å². The van der Waals surface area contributed by atoms with E-state index >= 15 is 0 Å². The monoisotopic (exact) mass is 300 g/mol. The highest BCUT2D eigenvalue weighted by atomic mass is 16.5. The maximum Gasteiger partial charge on any atom is 0.109 e. The third-order valence-corrected chi connectivity index (χ3v) is 4.06. The van der Waals surface area contributed by atoms with E-state index in [1.54, 1.807) is 0 Å². The van der Waals surface area contributed by atoms with Crippen LogP contribution in [-0.4, -0.2) is 49.4 Å². The Morgan fingerprint density at radius 1 is 0.714 bits per heavy atom. The van der Waals surface area contributed by atoms with E-state index in [9.17, 15) is 0 Å². The molecule has 0 aliphatic carbocycles. The highest BCUT2D eigenvalue weighted by Crippen LogP contribution is 2.21. The molecule has 0 aromatic carbocycles. The Bertz CT molecular complexity index is 250. The maximum atomic E-state index is 6.16. The number of hydrogen-bond acceptors (Lipinski definition) is 3. The Balaban J connectivity index is 4.15. The molecule has 0 aliphatic heterocycles. The molecule has 21 heavy (non-hydrogen) atoms. The Morgan fingerprint density at radius 3 is 1.24 bits per heavy atom. The molecule has 0 heterocycles. The quantitative estimate of drug-likeness (QED) is 0.617. The van der Waals surface area contributed by atoms with Crippen molar-refractivity contribution >= 4 is 0 Å². The third-order valence-electron chi connectivity index (χ3n) is 4.06. The Hall–Kier alpha value is -0.120. The van der Waals surface area contributed by atoms with Gasteiger partial charge in [-0.25, -0.2) is 0 Å². The lowest BCUT2D eigenvalue weighted by atomic mass is 9.92. The van der Waals surface area contributed by atoms with E-state index in [-0.39, 0.29) is 12.5 Å². The molecule has 0 saturated carbocycles. The van der Waals surface area contributed by atoms with Crippen molar-refractivity contribution in [3.05, 3.63) is 0 Å². The summed E-state index contributed by atoms with van der Waals surface area (Å²) in [4.78, 5) is 4.61. The van der Waals surface area contributed by atoms with Crippen LogP contribution >= 0.6 is 0 Å². The average molecular weight is 301 g/mol. The second-order valence-electron chi connectivity index (χ2n) is 8.92. The second-order valence-corrected chi connectivity index (χ2v) is 8.92. The fourth-order valence-corrected chi connectivity index (χ4v) is 1.88. The molecule has 0 aliphatic rings. The van der Waals surface area contributed by atoms with Gasteiger partial charge in [0.2, 0.25) is 0 Å². The molecular weight excluding hydrogens is 260 g/mol. The predicted molar refractivity (Wildman–Crippen MR) is 93.4 cm³/mol. The first-order valence-corrected chi connectivity index (χ1v) is 8.38. The van der Waals surface area contributed by atoms with Crippen molar-refractivity contribution in [2.75, 3.05) is 27.2 Å². The van der Waals surface area contributed by atoms with Gasteiger partial charge in [-0.05, 0) is 51.6 Å². The van der Waals surface area contributed by atoms with E-state index in [2.05, 4.69) is 79.3 Å². The average Bonchev–Trinajstić information content (AvgIpc) is 2.30. The van der Waals surface area contributed by atoms with Crippen LogP contribution in [0.5, 0.6) is 0 Å². The van der Waals surface area contributed by atoms with Gasteiger partial charge in [-0.2, -0.15) is 0 Å². The summed E-state index contributed by atoms with van der Waals surface area (Å²) in [6.45, 7) is 20.2. The SMILES string of the molecule is CC(OC(C)N(C)CCC(C)(C)C)N(C)CCC(C)(C)C. The van der Waals surface area contributed by atoms with Crippen LogP contribution in [0.25, 0.3) is 0 Å². The summed E-state index contributed by atoms with van der Waals surface area (Å²) in [5.41, 5.74) is 0.756. The van der Waals surface area contributed by atoms with Crippen LogP contribution in [0.15, 0.2) is 0 Å². The summed E-state index contributed by atoms with van der Waals surface area (Å²) in [6.07, 6.45) is 2.68. The molecule has 0 rings (SSSR count). The minimum absolute atomic E-state index is 0.152. The van der Waals surface area contributed by atoms with Gasteiger partial charge in [-0.3, -0.25) is 9.80 Å². The predicted octanol–water partition coefficient (Wildman–Crippen LogP) is 4.43. The van der Waals surface area contributed by atoms with Gasteiger partial charge in [0.25, 0.3) is 0 Å². The molecule has 0 N–H and O–H groups in total. The topological polar surface area (TPSA) is 15.7 Å². The van der Waals surface area contributed by atoms with Crippen LogP contribution in [0.2, 0.25) is 0 Å². The lowest BCUT2D eigenvalue weighted by molar-refractivity contribution is -0.128. The summed E-state index contributed by atoms with van der Waals surface area (Å²) in [7, 11) is 4.30. The normalized spacial score (nSPS) is 16.6. The van der Waals surface area contributed by atoms with Gasteiger partial charge in [0.05, 0.1) is 0 Å². The molecular formula is C18H40N2O. The first kappa shape index (κ1) is 20.9. The van der Waals surface area contributed by atoms with Gasteiger partial charge < -0.3 is 4.74 Å². The zero-order valence-corrected chi connectivity index (χ0v) is 16.3. The molecule has 2 unspecified atom stereocenters. The lowest BCUT2D eigenvalue weighted by Crippen LogP contribution is -2.41. The van der Waals surface area contributed by atoms with Crippen LogP contribution < -0.4 is 0 Å². The summed E-state index contributed by atoms with van der Waals surface area (Å²) < 4.78 is 6.16. The van der Waals surface area contributed by atoms with Gasteiger partial charge in [0.1, 0.15) is 12.5 Å². The molecule has 3 heteroatoms. The number of hydrogen-bond donors (Lipinski definition) is 0. The van der Waals surface area contributed by atoms with Crippen LogP contribution in [-0.2, 0) is 4.74 Å². The number of nitrogens with zero attached hydrogens (tertiary/aromatic N) is 2. The third kappa shape index (κ3) is 11.1. The molecule has 2 atom stereocenters. The Kier molecular flexibility index (Phi) is 8.45. The molecule has 0 amide bonds. The summed E-state index contributed by atoms with van der Waals surface area (Å²) in [6, 6.07) is 0. The second kappa shape index (κ2) is 8.50. The van der Waals surface area contributed by atoms with Gasteiger partial charge in [0.15, 0.2) is 0 Å². The van der Waals surface area contributed by atoms with Crippen LogP contribution in [0, 0.1) is 10.8 Å². The van der Waals surface area contributed by atoms with Gasteiger partial charge in [-0.1, -0.05) is 41.5 Å². The van der Waals surface area contributed by atoms with Gasteiger partial charge >= 0.3 is 0 Å². The smallest absolute Gasteiger partial charge is 0.109 e. The largest absolute Gasteiger partial charge is 0.345 e. The highest BCUT2D eigenvalue weighted by molar-refractivity contribution is 4.67. The summed E-state index contributed by atoms with van der Waals surface area (Å²) in [5, 5.41) is 0. The molecule has 128 valence electrons. The first-order chi connectivity index (χ1) is 9.32. The maximum absolute atomic E-state index is 6.16. The molecule has 0 aromatic rings. The molecule has 0 fully saturated rings. The lowest BCUT2D eigenvalue weighted by Gasteiger charge is -2.34. The van der Waals surface area contributed by atoms with E-state index in [0.717, 1.165) is 13.1 Å². The van der Waals surface area contributed by atoms with Crippen molar-refractivity contribution in [2.45, 2.75) is 80.7 Å². The Labute approximate surface area is 134 Å². The molecule has 0 aromatic heterocycles. The molecule has 0 radical (unpaired) electrons. The van der Waals surface area contributed by atoms with E-state index < -0.39 is 0 Å². The van der Waals surface area contributed by atoms with Gasteiger partial charge in [-0.15, -0.1) is 0 Å². The highest BCUT2D eigenvalue weighted by Gasteiger charge is 2.20. The van der Waals surface area contributed by atoms with Crippen molar-refractivity contribution in [1.29, 1.82) is 0 Å². The zero-order chi connectivity index (χ0) is 16.8. The molecule has 3 nitrogen and oxygen atoms in total. The molecule has 0 saturated heterocycles. The fourth-order valence-electron chi connectivity index (χ4n) is 1.88. The van der Waals surface area contributed by atoms with Crippen molar-refractivity contribution in [1.82, 2.24) is 9.80 Å². The Morgan fingerprint density at radius 2 is 1.00 bits per heavy atom. The van der Waals surface area contributed by atoms with Gasteiger partial charge in [0, 0.05) is 13.1 Å². The van der Waals surface area contributed by atoms with Crippen molar-refractivity contribution in [2.24, 2.45) is 10.8 Å². The molecule has 0 spiro atoms. The zero-order valence-electron chi connectivity index (χ0n) is 16.3. The van der Waals surface area contributed by atoms with Crippen molar-refractivity contribution in [3.8, 4) is 0 Å². The van der Waals surface area contributed by atoms with Crippen LogP contribution in [0.3, 0.4) is 0 Å². The minimum Gasteiger partial charge on any atom is -0.345 e. The van der Waals surface area contributed by atoms with E-state index in [0.29, 0.717) is 10.8 Å². The number of ether oxygens (including phenoxy) is 1. The number of rotatable bonds is 8. The van der Waals surface area contributed by atoms with Crippen molar-refractivity contribution in [3.63, 3.8) is 0 Å². The molecule has 0 bridgehead atoms. The summed E-state index contributed by atoms with van der Waals surface area (Å²) in [5.74, 6) is 0. The van der Waals surface area contributed by atoms with E-state index in [1.807, 2.05) is 0 Å². The van der Waals surface area contributed by atoms with E-state index in [1.165, 1.54) is 12.8 Å². The van der Waals surface area contributed by atoms with Crippen LogP contribution in [0.4, 0.5) is 0 Å².